The summed E-state index contributed by atoms with van der Waals surface area (Å²) >= 11 is 0. The Morgan fingerprint density at radius 1 is 1.14 bits per heavy atom. The first-order valence-corrected chi connectivity index (χ1v) is 14.2. The van der Waals surface area contributed by atoms with E-state index in [1.54, 1.807) is 0 Å². The first kappa shape index (κ1) is 22.7. The number of ether oxygens (including phenoxy) is 1. The number of methoxy groups -OCH3 is 1. The number of hydrogen-bond donors (Lipinski definition) is 0. The van der Waals surface area contributed by atoms with Crippen molar-refractivity contribution >= 4 is 20.1 Å². The molecule has 0 heterocycles. The number of allylic oxidation sites excluding steroid dienone is 1. The molecule has 0 aliphatic heterocycles. The second-order valence-electron chi connectivity index (χ2n) is 11.3. The average molecular weight is 421 g/mol. The number of esters is 1. The predicted octanol–water partition coefficient (Wildman–Crippen LogP) is 5.82. The number of fused-ring (bicyclic) bond motifs is 3. The molecule has 0 amide bonds. The van der Waals surface area contributed by atoms with Crippen molar-refractivity contribution in [3.8, 4) is 0 Å². The summed E-state index contributed by atoms with van der Waals surface area (Å²) in [5, 5.41) is 0.157. The Kier molecular flexibility index (Phi) is 5.75. The zero-order chi connectivity index (χ0) is 21.8. The number of Topliss-reactive ketones (excluding diaryl/α,β-unsaturated/α-hetero) is 1. The zero-order valence-electron chi connectivity index (χ0n) is 19.7. The molecule has 0 saturated heterocycles. The molecule has 2 saturated carbocycles. The van der Waals surface area contributed by atoms with Crippen molar-refractivity contribution in [1.29, 1.82) is 0 Å². The SMILES string of the molecule is COC(=O)[C@]12CCC(=O)C(C)=C1CC[C@]1(C)[C@@H]2CCC[C@H]1O[Si](C)(C)C(C)(C)C. The van der Waals surface area contributed by atoms with Gasteiger partial charge in [0, 0.05) is 6.42 Å². The van der Waals surface area contributed by atoms with Crippen LogP contribution in [0, 0.1) is 16.7 Å². The van der Waals surface area contributed by atoms with E-state index >= 15 is 0 Å². The highest BCUT2D eigenvalue weighted by Gasteiger charge is 2.63. The molecule has 0 unspecified atom stereocenters. The molecule has 3 aliphatic carbocycles. The molecule has 0 N–H and O–H groups in total. The number of hydrogen-bond acceptors (Lipinski definition) is 4. The molecule has 0 spiro atoms. The van der Waals surface area contributed by atoms with Gasteiger partial charge in [0.15, 0.2) is 14.1 Å². The third-order valence-electron chi connectivity index (χ3n) is 8.95. The molecule has 3 aliphatic rings. The van der Waals surface area contributed by atoms with E-state index in [-0.39, 0.29) is 34.2 Å². The Labute approximate surface area is 177 Å². The molecule has 0 aromatic carbocycles. The van der Waals surface area contributed by atoms with Gasteiger partial charge in [-0.1, -0.05) is 34.1 Å². The first-order chi connectivity index (χ1) is 13.3. The highest BCUT2D eigenvalue weighted by molar-refractivity contribution is 6.74. The summed E-state index contributed by atoms with van der Waals surface area (Å²) in [5.41, 5.74) is 1.17. The number of rotatable bonds is 3. The molecular formula is C24H40O4Si. The summed E-state index contributed by atoms with van der Waals surface area (Å²) in [5.74, 6) is 0.244. The monoisotopic (exact) mass is 420 g/mol. The van der Waals surface area contributed by atoms with Gasteiger partial charge < -0.3 is 9.16 Å². The summed E-state index contributed by atoms with van der Waals surface area (Å²) in [6.45, 7) is 15.8. The van der Waals surface area contributed by atoms with E-state index in [4.69, 9.17) is 9.16 Å². The topological polar surface area (TPSA) is 52.6 Å². The number of carbonyl (C=O) groups excluding carboxylic acids is 2. The molecule has 0 radical (unpaired) electrons. The van der Waals surface area contributed by atoms with Crippen LogP contribution >= 0.6 is 0 Å². The van der Waals surface area contributed by atoms with Crippen LogP contribution in [-0.4, -0.2) is 33.3 Å². The minimum atomic E-state index is -1.93. The van der Waals surface area contributed by atoms with Crippen molar-refractivity contribution in [3.63, 3.8) is 0 Å². The zero-order valence-corrected chi connectivity index (χ0v) is 20.7. The second kappa shape index (κ2) is 7.33. The summed E-state index contributed by atoms with van der Waals surface area (Å²) in [4.78, 5) is 25.8. The fourth-order valence-corrected chi connectivity index (χ4v) is 7.60. The molecule has 2 fully saturated rings. The first-order valence-electron chi connectivity index (χ1n) is 11.3. The van der Waals surface area contributed by atoms with Crippen LogP contribution in [-0.2, 0) is 18.8 Å². The Bertz CT molecular complexity index is 732. The molecule has 164 valence electrons. The molecule has 3 rings (SSSR count). The van der Waals surface area contributed by atoms with Gasteiger partial charge in [-0.05, 0) is 79.6 Å². The van der Waals surface area contributed by atoms with Crippen LogP contribution in [0.1, 0.15) is 79.6 Å². The Morgan fingerprint density at radius 2 is 1.79 bits per heavy atom. The fraction of sp³-hybridized carbons (Fsp3) is 0.833. The maximum atomic E-state index is 13.3. The Morgan fingerprint density at radius 3 is 2.38 bits per heavy atom. The molecule has 0 aromatic rings. The maximum Gasteiger partial charge on any atom is 0.316 e. The lowest BCUT2D eigenvalue weighted by molar-refractivity contribution is -0.170. The van der Waals surface area contributed by atoms with E-state index in [0.717, 1.165) is 43.3 Å². The molecule has 5 heteroatoms. The minimum absolute atomic E-state index is 0.0634. The average Bonchev–Trinajstić information content (AvgIpc) is 2.63. The minimum Gasteiger partial charge on any atom is -0.468 e. The summed E-state index contributed by atoms with van der Waals surface area (Å²) in [6.07, 6.45) is 6.14. The van der Waals surface area contributed by atoms with E-state index in [9.17, 15) is 9.59 Å². The van der Waals surface area contributed by atoms with Crippen LogP contribution in [0.2, 0.25) is 18.1 Å². The van der Waals surface area contributed by atoms with Crippen molar-refractivity contribution < 1.29 is 18.8 Å². The lowest BCUT2D eigenvalue weighted by Crippen LogP contribution is -2.61. The molecular weight excluding hydrogens is 380 g/mol. The van der Waals surface area contributed by atoms with Gasteiger partial charge in [0.1, 0.15) is 0 Å². The van der Waals surface area contributed by atoms with Gasteiger partial charge in [-0.3, -0.25) is 9.59 Å². The third kappa shape index (κ3) is 3.36. The van der Waals surface area contributed by atoms with Crippen LogP contribution in [0.5, 0.6) is 0 Å². The van der Waals surface area contributed by atoms with E-state index in [2.05, 4.69) is 40.8 Å². The highest BCUT2D eigenvalue weighted by atomic mass is 28.4. The summed E-state index contributed by atoms with van der Waals surface area (Å²) < 4.78 is 12.4. The van der Waals surface area contributed by atoms with Crippen LogP contribution in [0.25, 0.3) is 0 Å². The van der Waals surface area contributed by atoms with Gasteiger partial charge in [0.2, 0.25) is 0 Å². The molecule has 29 heavy (non-hydrogen) atoms. The predicted molar refractivity (Wildman–Crippen MR) is 118 cm³/mol. The second-order valence-corrected chi connectivity index (χ2v) is 16.1. The van der Waals surface area contributed by atoms with Crippen molar-refractivity contribution in [3.05, 3.63) is 11.1 Å². The molecule has 4 nitrogen and oxygen atoms in total. The molecule has 0 aromatic heterocycles. The lowest BCUT2D eigenvalue weighted by Gasteiger charge is -2.60. The van der Waals surface area contributed by atoms with Crippen LogP contribution in [0.3, 0.4) is 0 Å². The van der Waals surface area contributed by atoms with Crippen molar-refractivity contribution in [2.45, 2.75) is 104 Å². The third-order valence-corrected chi connectivity index (χ3v) is 13.4. The molecule has 0 bridgehead atoms. The van der Waals surface area contributed by atoms with Crippen LogP contribution < -0.4 is 0 Å². The highest BCUT2D eigenvalue weighted by Crippen LogP contribution is 2.64. The van der Waals surface area contributed by atoms with Crippen molar-refractivity contribution in [1.82, 2.24) is 0 Å². The lowest BCUT2D eigenvalue weighted by atomic mass is 9.45. The van der Waals surface area contributed by atoms with E-state index in [1.165, 1.54) is 7.11 Å². The van der Waals surface area contributed by atoms with Crippen molar-refractivity contribution in [2.75, 3.05) is 7.11 Å². The number of ketones is 1. The van der Waals surface area contributed by atoms with Gasteiger partial charge in [-0.2, -0.15) is 0 Å². The van der Waals surface area contributed by atoms with Crippen LogP contribution in [0.15, 0.2) is 11.1 Å². The Balaban J connectivity index is 2.07. The number of carbonyl (C=O) groups is 2. The van der Waals surface area contributed by atoms with Gasteiger partial charge in [0.05, 0.1) is 18.6 Å². The maximum absolute atomic E-state index is 13.3. The standard InChI is InChI=1S/C24H40O4Si/c1-16-17-12-14-23(5)19(24(17,21(26)27-6)15-13-18(16)25)10-9-11-20(23)28-29(7,8)22(2,3)4/h19-20H,9-15H2,1-8H3/t19-,20+,23+,24+/m0/s1. The van der Waals surface area contributed by atoms with Gasteiger partial charge in [-0.15, -0.1) is 0 Å². The van der Waals surface area contributed by atoms with E-state index in [1.807, 2.05) is 6.92 Å². The summed E-state index contributed by atoms with van der Waals surface area (Å²) in [7, 11) is -0.427. The molecule has 4 atom stereocenters. The quantitative estimate of drug-likeness (QED) is 0.427. The van der Waals surface area contributed by atoms with Gasteiger partial charge in [0.25, 0.3) is 0 Å². The van der Waals surface area contributed by atoms with Gasteiger partial charge >= 0.3 is 5.97 Å². The largest absolute Gasteiger partial charge is 0.468 e. The van der Waals surface area contributed by atoms with E-state index in [0.29, 0.717) is 12.8 Å². The normalized spacial score (nSPS) is 35.8. The van der Waals surface area contributed by atoms with Crippen molar-refractivity contribution in [2.24, 2.45) is 16.7 Å². The Hall–Kier alpha value is -0.943. The van der Waals surface area contributed by atoms with Crippen LogP contribution in [0.4, 0.5) is 0 Å². The van der Waals surface area contributed by atoms with Gasteiger partial charge in [-0.25, -0.2) is 0 Å². The fourth-order valence-electron chi connectivity index (χ4n) is 6.15. The van der Waals surface area contributed by atoms with E-state index < -0.39 is 13.7 Å². The smallest absolute Gasteiger partial charge is 0.316 e. The summed E-state index contributed by atoms with van der Waals surface area (Å²) in [6, 6.07) is 0.